The standard InChI is InChI=1S/C11H15BrS/c1-7-3-6-11(13-7)9-4-5-10(12)8(9)2/h3,6,8-10H,4-5H2,1-2H3. The molecule has 1 aromatic rings. The van der Waals surface area contributed by atoms with E-state index < -0.39 is 0 Å². The molecule has 1 aliphatic rings. The molecule has 0 radical (unpaired) electrons. The first-order chi connectivity index (χ1) is 6.18. The van der Waals surface area contributed by atoms with Crippen LogP contribution in [-0.2, 0) is 0 Å². The highest BCUT2D eigenvalue weighted by Gasteiger charge is 2.32. The number of rotatable bonds is 1. The molecule has 1 aromatic heterocycles. The van der Waals surface area contributed by atoms with Gasteiger partial charge in [0.25, 0.3) is 0 Å². The number of hydrogen-bond donors (Lipinski definition) is 0. The van der Waals surface area contributed by atoms with Crippen LogP contribution in [0.15, 0.2) is 12.1 Å². The molecule has 1 fully saturated rings. The molecule has 0 nitrogen and oxygen atoms in total. The highest BCUT2D eigenvalue weighted by molar-refractivity contribution is 9.09. The van der Waals surface area contributed by atoms with E-state index >= 15 is 0 Å². The Hall–Kier alpha value is 0.180. The Morgan fingerprint density at radius 2 is 2.15 bits per heavy atom. The van der Waals surface area contributed by atoms with Gasteiger partial charge in [-0.15, -0.1) is 11.3 Å². The predicted octanol–water partition coefficient (Wildman–Crippen LogP) is 4.33. The average Bonchev–Trinajstić information content (AvgIpc) is 2.62. The van der Waals surface area contributed by atoms with Gasteiger partial charge in [-0.3, -0.25) is 0 Å². The van der Waals surface area contributed by atoms with E-state index in [0.29, 0.717) is 0 Å². The fourth-order valence-electron chi connectivity index (χ4n) is 2.17. The normalized spacial score (nSPS) is 33.9. The first-order valence-electron chi connectivity index (χ1n) is 4.89. The van der Waals surface area contributed by atoms with Crippen LogP contribution in [0.2, 0.25) is 0 Å². The largest absolute Gasteiger partial charge is 0.145 e. The first-order valence-corrected chi connectivity index (χ1v) is 6.62. The molecule has 0 bridgehead atoms. The van der Waals surface area contributed by atoms with Crippen molar-refractivity contribution in [1.82, 2.24) is 0 Å². The van der Waals surface area contributed by atoms with Gasteiger partial charge in [-0.05, 0) is 43.7 Å². The molecule has 0 amide bonds. The van der Waals surface area contributed by atoms with Crippen molar-refractivity contribution in [3.8, 4) is 0 Å². The topological polar surface area (TPSA) is 0 Å². The van der Waals surface area contributed by atoms with E-state index in [4.69, 9.17) is 0 Å². The predicted molar refractivity (Wildman–Crippen MR) is 62.9 cm³/mol. The van der Waals surface area contributed by atoms with Gasteiger partial charge in [0.1, 0.15) is 0 Å². The highest BCUT2D eigenvalue weighted by Crippen LogP contribution is 2.44. The second kappa shape index (κ2) is 3.74. The molecule has 0 aliphatic heterocycles. The van der Waals surface area contributed by atoms with Crippen molar-refractivity contribution in [2.45, 2.75) is 37.4 Å². The Kier molecular flexibility index (Phi) is 2.80. The molecule has 0 saturated heterocycles. The summed E-state index contributed by atoms with van der Waals surface area (Å²) >= 11 is 5.72. The summed E-state index contributed by atoms with van der Waals surface area (Å²) in [4.78, 5) is 3.77. The van der Waals surface area contributed by atoms with E-state index in [-0.39, 0.29) is 0 Å². The van der Waals surface area contributed by atoms with Crippen LogP contribution in [0.3, 0.4) is 0 Å². The number of hydrogen-bond acceptors (Lipinski definition) is 1. The zero-order valence-electron chi connectivity index (χ0n) is 8.09. The minimum Gasteiger partial charge on any atom is -0.145 e. The Bertz CT molecular complexity index is 292. The van der Waals surface area contributed by atoms with Crippen molar-refractivity contribution in [2.75, 3.05) is 0 Å². The third-order valence-electron chi connectivity index (χ3n) is 3.09. The van der Waals surface area contributed by atoms with Gasteiger partial charge >= 0.3 is 0 Å². The molecule has 0 spiro atoms. The van der Waals surface area contributed by atoms with Gasteiger partial charge in [0, 0.05) is 14.6 Å². The number of aryl methyl sites for hydroxylation is 1. The van der Waals surface area contributed by atoms with Crippen LogP contribution in [0.25, 0.3) is 0 Å². The zero-order chi connectivity index (χ0) is 9.42. The van der Waals surface area contributed by atoms with Crippen molar-refractivity contribution in [3.63, 3.8) is 0 Å². The van der Waals surface area contributed by atoms with E-state index in [9.17, 15) is 0 Å². The van der Waals surface area contributed by atoms with Gasteiger partial charge < -0.3 is 0 Å². The quantitative estimate of drug-likeness (QED) is 0.658. The summed E-state index contributed by atoms with van der Waals surface area (Å²) in [7, 11) is 0. The Balaban J connectivity index is 2.18. The smallest absolute Gasteiger partial charge is 0.0177 e. The van der Waals surface area contributed by atoms with Crippen LogP contribution in [0.1, 0.15) is 35.4 Å². The lowest BCUT2D eigenvalue weighted by atomic mass is 9.97. The summed E-state index contributed by atoms with van der Waals surface area (Å²) < 4.78 is 0. The van der Waals surface area contributed by atoms with Crippen molar-refractivity contribution in [2.24, 2.45) is 5.92 Å². The van der Waals surface area contributed by atoms with Crippen LogP contribution >= 0.6 is 27.3 Å². The Morgan fingerprint density at radius 1 is 1.38 bits per heavy atom. The molecule has 2 rings (SSSR count). The van der Waals surface area contributed by atoms with Crippen LogP contribution in [0.5, 0.6) is 0 Å². The molecule has 2 heteroatoms. The maximum Gasteiger partial charge on any atom is 0.0177 e. The monoisotopic (exact) mass is 258 g/mol. The van der Waals surface area contributed by atoms with Crippen LogP contribution < -0.4 is 0 Å². The van der Waals surface area contributed by atoms with E-state index in [1.165, 1.54) is 17.7 Å². The first kappa shape index (κ1) is 9.72. The molecule has 1 aliphatic carbocycles. The van der Waals surface area contributed by atoms with Gasteiger partial charge in [-0.2, -0.15) is 0 Å². The second-order valence-corrected chi connectivity index (χ2v) is 6.50. The highest BCUT2D eigenvalue weighted by atomic mass is 79.9. The summed E-state index contributed by atoms with van der Waals surface area (Å²) in [6.45, 7) is 4.56. The van der Waals surface area contributed by atoms with E-state index in [1.54, 1.807) is 4.88 Å². The third kappa shape index (κ3) is 1.84. The summed E-state index contributed by atoms with van der Waals surface area (Å²) in [5.41, 5.74) is 0. The molecule has 3 unspecified atom stereocenters. The fraction of sp³-hybridized carbons (Fsp3) is 0.636. The van der Waals surface area contributed by atoms with Gasteiger partial charge in [0.05, 0.1) is 0 Å². The summed E-state index contributed by atoms with van der Waals surface area (Å²) in [6.07, 6.45) is 2.69. The second-order valence-electron chi connectivity index (χ2n) is 4.01. The van der Waals surface area contributed by atoms with E-state index in [0.717, 1.165) is 16.7 Å². The molecule has 0 N–H and O–H groups in total. The summed E-state index contributed by atoms with van der Waals surface area (Å²) in [5, 5.41) is 0. The molecule has 13 heavy (non-hydrogen) atoms. The van der Waals surface area contributed by atoms with E-state index in [1.807, 2.05) is 11.3 Å². The third-order valence-corrected chi connectivity index (χ3v) is 5.51. The van der Waals surface area contributed by atoms with Crippen molar-refractivity contribution >= 4 is 27.3 Å². The molecule has 3 atom stereocenters. The van der Waals surface area contributed by atoms with Crippen LogP contribution in [-0.4, -0.2) is 4.83 Å². The minimum absolute atomic E-state index is 0.736. The number of halogens is 1. The summed E-state index contributed by atoms with van der Waals surface area (Å²) in [5.74, 6) is 1.61. The van der Waals surface area contributed by atoms with Crippen LogP contribution in [0, 0.1) is 12.8 Å². The Morgan fingerprint density at radius 3 is 2.62 bits per heavy atom. The molecule has 0 aromatic carbocycles. The maximum absolute atomic E-state index is 3.75. The molecule has 1 heterocycles. The lowest BCUT2D eigenvalue weighted by Crippen LogP contribution is -2.07. The van der Waals surface area contributed by atoms with Crippen LogP contribution in [0.4, 0.5) is 0 Å². The maximum atomic E-state index is 3.75. The Labute approximate surface area is 92.5 Å². The van der Waals surface area contributed by atoms with Crippen molar-refractivity contribution < 1.29 is 0 Å². The van der Waals surface area contributed by atoms with Crippen molar-refractivity contribution in [1.29, 1.82) is 0 Å². The molecule has 72 valence electrons. The zero-order valence-corrected chi connectivity index (χ0v) is 10.5. The molecular formula is C11H15BrS. The average molecular weight is 259 g/mol. The lowest BCUT2D eigenvalue weighted by Gasteiger charge is -2.15. The number of thiophene rings is 1. The number of alkyl halides is 1. The fourth-order valence-corrected chi connectivity index (χ4v) is 3.93. The molecular weight excluding hydrogens is 244 g/mol. The molecule has 1 saturated carbocycles. The van der Waals surface area contributed by atoms with Gasteiger partial charge in [0.15, 0.2) is 0 Å². The minimum atomic E-state index is 0.736. The summed E-state index contributed by atoms with van der Waals surface area (Å²) in [6, 6.07) is 4.56. The van der Waals surface area contributed by atoms with Crippen molar-refractivity contribution in [3.05, 3.63) is 21.9 Å². The SMILES string of the molecule is Cc1ccc(C2CCC(Br)C2C)s1. The van der Waals surface area contributed by atoms with Gasteiger partial charge in [-0.1, -0.05) is 22.9 Å². The van der Waals surface area contributed by atoms with E-state index in [2.05, 4.69) is 41.9 Å². The van der Waals surface area contributed by atoms with Gasteiger partial charge in [-0.25, -0.2) is 0 Å². The lowest BCUT2D eigenvalue weighted by molar-refractivity contribution is 0.552. The van der Waals surface area contributed by atoms with Gasteiger partial charge in [0.2, 0.25) is 0 Å².